The zero-order chi connectivity index (χ0) is 14.6. The quantitative estimate of drug-likeness (QED) is 0.729. The summed E-state index contributed by atoms with van der Waals surface area (Å²) in [5.41, 5.74) is 0.783. The van der Waals surface area contributed by atoms with Crippen molar-refractivity contribution >= 4 is 28.4 Å². The lowest BCUT2D eigenvalue weighted by Gasteiger charge is -2.36. The van der Waals surface area contributed by atoms with Crippen LogP contribution in [0.1, 0.15) is 45.1 Å². The molecule has 1 aliphatic rings. The Morgan fingerprint density at radius 2 is 1.65 bits per heavy atom. The van der Waals surface area contributed by atoms with Crippen molar-refractivity contribution in [2.75, 3.05) is 13.1 Å². The van der Waals surface area contributed by atoms with Crippen LogP contribution in [0.2, 0.25) is 0 Å². The van der Waals surface area contributed by atoms with Crippen LogP contribution in [-0.2, 0) is 11.2 Å². The van der Waals surface area contributed by atoms with Gasteiger partial charge in [-0.3, -0.25) is 9.69 Å². The second-order valence-corrected chi connectivity index (χ2v) is 7.43. The molecule has 1 aromatic carbocycles. The molecule has 110 valence electrons. The smallest absolute Gasteiger partial charge is 0.156 e. The fraction of sp³-hybridized carbons (Fsp3) is 0.588. The highest BCUT2D eigenvalue weighted by Gasteiger charge is 2.33. The van der Waals surface area contributed by atoms with Crippen molar-refractivity contribution in [2.45, 2.75) is 51.5 Å². The lowest BCUT2D eigenvalue weighted by Crippen LogP contribution is -2.51. The molecule has 1 saturated heterocycles. The van der Waals surface area contributed by atoms with Gasteiger partial charge in [-0.2, -0.15) is 0 Å². The summed E-state index contributed by atoms with van der Waals surface area (Å²) in [5, 5.41) is 0. The number of hydrogen-bond donors (Lipinski definition) is 0. The molecule has 0 aromatic heterocycles. The fourth-order valence-electron chi connectivity index (χ4n) is 2.81. The van der Waals surface area contributed by atoms with Gasteiger partial charge in [0.25, 0.3) is 0 Å². The molecule has 0 atom stereocenters. The molecule has 0 radical (unpaired) electrons. The summed E-state index contributed by atoms with van der Waals surface area (Å²) in [4.78, 5) is 15.1. The van der Waals surface area contributed by atoms with E-state index in [0.717, 1.165) is 18.7 Å². The van der Waals surface area contributed by atoms with Crippen LogP contribution in [0.15, 0.2) is 24.3 Å². The van der Waals surface area contributed by atoms with E-state index < -0.39 is 0 Å². The van der Waals surface area contributed by atoms with Gasteiger partial charge in [0, 0.05) is 9.99 Å². The second-order valence-electron chi connectivity index (χ2n) is 6.19. The summed E-state index contributed by atoms with van der Waals surface area (Å²) in [6.45, 7) is 6.30. The van der Waals surface area contributed by atoms with Crippen LogP contribution in [0.4, 0.5) is 0 Å². The van der Waals surface area contributed by atoms with Crippen LogP contribution < -0.4 is 0 Å². The number of Topliss-reactive ketones (excluding diaryl/α,β-unsaturated/α-hetero) is 1. The van der Waals surface area contributed by atoms with Crippen molar-refractivity contribution in [3.8, 4) is 0 Å². The molecule has 0 bridgehead atoms. The molecule has 0 unspecified atom stereocenters. The summed E-state index contributed by atoms with van der Waals surface area (Å²) >= 11 is 2.29. The first-order chi connectivity index (χ1) is 9.50. The van der Waals surface area contributed by atoms with Gasteiger partial charge >= 0.3 is 0 Å². The Bertz CT molecular complexity index is 445. The van der Waals surface area contributed by atoms with Crippen molar-refractivity contribution in [1.82, 2.24) is 4.90 Å². The average molecular weight is 385 g/mol. The van der Waals surface area contributed by atoms with E-state index in [4.69, 9.17) is 0 Å². The highest BCUT2D eigenvalue weighted by atomic mass is 127. The minimum Gasteiger partial charge on any atom is -0.297 e. The summed E-state index contributed by atoms with van der Waals surface area (Å²) in [6.07, 6.45) is 5.59. The highest BCUT2D eigenvalue weighted by Crippen LogP contribution is 2.23. The SMILES string of the molecule is CC(C)(C(=O)Cc1ccc(I)cc1)N1CCCCCC1. The van der Waals surface area contributed by atoms with Gasteiger partial charge in [0.05, 0.1) is 5.54 Å². The number of carbonyl (C=O) groups excluding carboxylic acids is 1. The van der Waals surface area contributed by atoms with E-state index >= 15 is 0 Å². The Morgan fingerprint density at radius 1 is 1.10 bits per heavy atom. The maximum absolute atomic E-state index is 12.7. The Hall–Kier alpha value is -0.420. The van der Waals surface area contributed by atoms with E-state index in [9.17, 15) is 4.79 Å². The third kappa shape index (κ3) is 4.04. The van der Waals surface area contributed by atoms with Gasteiger partial charge < -0.3 is 0 Å². The summed E-state index contributed by atoms with van der Waals surface area (Å²) in [7, 11) is 0. The molecule has 0 spiro atoms. The topological polar surface area (TPSA) is 20.3 Å². The molecule has 2 rings (SSSR count). The van der Waals surface area contributed by atoms with Crippen LogP contribution in [-0.4, -0.2) is 29.3 Å². The molecule has 0 saturated carbocycles. The molecule has 1 aromatic rings. The van der Waals surface area contributed by atoms with Crippen molar-refractivity contribution in [2.24, 2.45) is 0 Å². The van der Waals surface area contributed by atoms with Crippen LogP contribution in [0.3, 0.4) is 0 Å². The maximum Gasteiger partial charge on any atom is 0.156 e. The van der Waals surface area contributed by atoms with E-state index in [0.29, 0.717) is 12.2 Å². The predicted molar refractivity (Wildman–Crippen MR) is 92.0 cm³/mol. The van der Waals surface area contributed by atoms with Gasteiger partial charge in [0.2, 0.25) is 0 Å². The van der Waals surface area contributed by atoms with E-state index in [-0.39, 0.29) is 5.54 Å². The monoisotopic (exact) mass is 385 g/mol. The second kappa shape index (κ2) is 7.03. The van der Waals surface area contributed by atoms with Crippen LogP contribution >= 0.6 is 22.6 Å². The first-order valence-corrected chi connectivity index (χ1v) is 8.61. The van der Waals surface area contributed by atoms with Gasteiger partial charge in [-0.15, -0.1) is 0 Å². The third-order valence-corrected chi connectivity index (χ3v) is 5.08. The van der Waals surface area contributed by atoms with Gasteiger partial charge in [-0.05, 0) is 80.1 Å². The van der Waals surface area contributed by atoms with Gasteiger partial charge in [0.1, 0.15) is 0 Å². The van der Waals surface area contributed by atoms with Crippen molar-refractivity contribution < 1.29 is 4.79 Å². The first kappa shape index (κ1) is 16.0. The molecule has 0 N–H and O–H groups in total. The molecule has 0 aliphatic carbocycles. The van der Waals surface area contributed by atoms with Crippen LogP contribution in [0.5, 0.6) is 0 Å². The Balaban J connectivity index is 2.03. The summed E-state index contributed by atoms with van der Waals surface area (Å²) in [5.74, 6) is 0.334. The molecule has 0 amide bonds. The minimum absolute atomic E-state index is 0.334. The summed E-state index contributed by atoms with van der Waals surface area (Å²) < 4.78 is 1.21. The number of carbonyl (C=O) groups is 1. The lowest BCUT2D eigenvalue weighted by atomic mass is 9.91. The van der Waals surface area contributed by atoms with Crippen molar-refractivity contribution in [1.29, 1.82) is 0 Å². The molecule has 3 heteroatoms. The zero-order valence-corrected chi connectivity index (χ0v) is 14.7. The number of ketones is 1. The highest BCUT2D eigenvalue weighted by molar-refractivity contribution is 14.1. The third-order valence-electron chi connectivity index (χ3n) is 4.36. The molecular formula is C17H24INO. The normalized spacial score (nSPS) is 17.8. The van der Waals surface area contributed by atoms with E-state index in [1.807, 2.05) is 0 Å². The maximum atomic E-state index is 12.7. The molecule has 1 fully saturated rings. The minimum atomic E-state index is -0.340. The average Bonchev–Trinajstić information content (AvgIpc) is 2.70. The lowest BCUT2D eigenvalue weighted by molar-refractivity contribution is -0.128. The van der Waals surface area contributed by atoms with Crippen LogP contribution in [0.25, 0.3) is 0 Å². The molecule has 1 heterocycles. The Kier molecular flexibility index (Phi) is 5.61. The molecule has 2 nitrogen and oxygen atoms in total. The number of nitrogens with zero attached hydrogens (tertiary/aromatic N) is 1. The van der Waals surface area contributed by atoms with Gasteiger partial charge in [-0.1, -0.05) is 25.0 Å². The molecule has 1 aliphatic heterocycles. The Labute approximate surface area is 136 Å². The number of hydrogen-bond acceptors (Lipinski definition) is 2. The molecular weight excluding hydrogens is 361 g/mol. The van der Waals surface area contributed by atoms with E-state index in [1.54, 1.807) is 0 Å². The standard InChI is InChI=1S/C17H24INO/c1-17(2,19-11-5-3-4-6-12-19)16(20)13-14-7-9-15(18)10-8-14/h7-10H,3-6,11-13H2,1-2H3. The number of halogens is 1. The number of benzene rings is 1. The zero-order valence-electron chi connectivity index (χ0n) is 12.5. The van der Waals surface area contributed by atoms with Crippen molar-refractivity contribution in [3.05, 3.63) is 33.4 Å². The predicted octanol–water partition coefficient (Wildman–Crippen LogP) is 4.06. The number of rotatable bonds is 4. The van der Waals surface area contributed by atoms with Gasteiger partial charge in [0.15, 0.2) is 5.78 Å². The van der Waals surface area contributed by atoms with E-state index in [2.05, 4.69) is 65.6 Å². The van der Waals surface area contributed by atoms with Crippen LogP contribution in [0, 0.1) is 3.57 Å². The van der Waals surface area contributed by atoms with Crippen molar-refractivity contribution in [3.63, 3.8) is 0 Å². The van der Waals surface area contributed by atoms with Gasteiger partial charge in [-0.25, -0.2) is 0 Å². The largest absolute Gasteiger partial charge is 0.297 e. The van der Waals surface area contributed by atoms with E-state index in [1.165, 1.54) is 29.3 Å². The Morgan fingerprint density at radius 3 is 2.20 bits per heavy atom. The summed E-state index contributed by atoms with van der Waals surface area (Å²) in [6, 6.07) is 8.28. The number of likely N-dealkylation sites (tertiary alicyclic amines) is 1. The first-order valence-electron chi connectivity index (χ1n) is 7.53. The fourth-order valence-corrected chi connectivity index (χ4v) is 3.17. The molecule has 20 heavy (non-hydrogen) atoms.